The van der Waals surface area contributed by atoms with Crippen molar-refractivity contribution in [3.8, 4) is 5.75 Å². The maximum atomic E-state index is 9.37. The van der Waals surface area contributed by atoms with Crippen LogP contribution >= 0.6 is 15.9 Å². The molecule has 0 atom stereocenters. The number of hydrogen-bond acceptors (Lipinski definition) is 3. The largest absolute Gasteiger partial charge is 0.507 e. The number of aliphatic hydroxyl groups excluding tert-OH is 1. The fourth-order valence-electron chi connectivity index (χ4n) is 1.94. The molecule has 0 heterocycles. The van der Waals surface area contributed by atoms with Gasteiger partial charge in [-0.05, 0) is 52.9 Å². The van der Waals surface area contributed by atoms with Gasteiger partial charge in [-0.25, -0.2) is 0 Å². The Kier molecular flexibility index (Phi) is 3.52. The Morgan fingerprint density at radius 3 is 2.62 bits per heavy atom. The van der Waals surface area contributed by atoms with Crippen LogP contribution in [-0.4, -0.2) is 22.4 Å². The van der Waals surface area contributed by atoms with Gasteiger partial charge >= 0.3 is 0 Å². The summed E-state index contributed by atoms with van der Waals surface area (Å²) in [5.41, 5.74) is 1.04. The number of aromatic hydroxyl groups is 1. The molecule has 0 radical (unpaired) electrons. The van der Waals surface area contributed by atoms with E-state index in [0.717, 1.165) is 24.9 Å². The molecular weight excluding hydrogens is 270 g/mol. The minimum absolute atomic E-state index is 0.0651. The van der Waals surface area contributed by atoms with Gasteiger partial charge in [0.25, 0.3) is 0 Å². The van der Waals surface area contributed by atoms with Crippen molar-refractivity contribution in [2.75, 3.05) is 6.61 Å². The molecule has 0 spiro atoms. The summed E-state index contributed by atoms with van der Waals surface area (Å²) in [4.78, 5) is 0. The van der Waals surface area contributed by atoms with Gasteiger partial charge in [-0.15, -0.1) is 0 Å². The summed E-state index contributed by atoms with van der Waals surface area (Å²) in [5.74, 6) is 0.254. The Morgan fingerprint density at radius 2 is 2.12 bits per heavy atom. The summed E-state index contributed by atoms with van der Waals surface area (Å²) < 4.78 is 0.707. The molecule has 0 amide bonds. The highest BCUT2D eigenvalue weighted by atomic mass is 79.9. The molecule has 1 aliphatic rings. The van der Waals surface area contributed by atoms with Crippen molar-refractivity contribution in [2.45, 2.75) is 31.3 Å². The van der Waals surface area contributed by atoms with Crippen LogP contribution in [0, 0.1) is 0 Å². The number of hydrogen-bond donors (Lipinski definition) is 3. The molecule has 16 heavy (non-hydrogen) atoms. The minimum Gasteiger partial charge on any atom is -0.507 e. The van der Waals surface area contributed by atoms with Crippen molar-refractivity contribution in [1.82, 2.24) is 5.32 Å². The van der Waals surface area contributed by atoms with Gasteiger partial charge in [0.2, 0.25) is 0 Å². The fraction of sp³-hybridized carbons (Fsp3) is 0.500. The molecule has 1 aromatic carbocycles. The van der Waals surface area contributed by atoms with Crippen LogP contribution in [0.1, 0.15) is 24.8 Å². The zero-order valence-corrected chi connectivity index (χ0v) is 10.6. The number of halogens is 1. The predicted molar refractivity (Wildman–Crippen MR) is 66.3 cm³/mol. The zero-order chi connectivity index (χ0) is 11.6. The summed E-state index contributed by atoms with van der Waals surface area (Å²) in [6, 6.07) is 5.45. The van der Waals surface area contributed by atoms with E-state index in [0.29, 0.717) is 4.47 Å². The SMILES string of the molecule is OCC1(NCc2ccc(O)c(Br)c2)CCC1. The van der Waals surface area contributed by atoms with Gasteiger partial charge in [0, 0.05) is 12.1 Å². The van der Waals surface area contributed by atoms with Crippen LogP contribution in [0.15, 0.2) is 22.7 Å². The van der Waals surface area contributed by atoms with Crippen LogP contribution in [0.4, 0.5) is 0 Å². The molecule has 1 aromatic rings. The normalized spacial score (nSPS) is 18.1. The lowest BCUT2D eigenvalue weighted by molar-refractivity contribution is 0.0872. The molecule has 1 fully saturated rings. The third-order valence-corrected chi connectivity index (χ3v) is 3.93. The molecule has 0 bridgehead atoms. The molecule has 88 valence electrons. The molecule has 2 rings (SSSR count). The third-order valence-electron chi connectivity index (χ3n) is 3.29. The van der Waals surface area contributed by atoms with E-state index >= 15 is 0 Å². The lowest BCUT2D eigenvalue weighted by Gasteiger charge is -2.41. The van der Waals surface area contributed by atoms with Crippen molar-refractivity contribution in [2.24, 2.45) is 0 Å². The van der Waals surface area contributed by atoms with Crippen LogP contribution in [0.5, 0.6) is 5.75 Å². The number of rotatable bonds is 4. The van der Waals surface area contributed by atoms with Crippen molar-refractivity contribution in [3.05, 3.63) is 28.2 Å². The van der Waals surface area contributed by atoms with Crippen LogP contribution in [0.25, 0.3) is 0 Å². The minimum atomic E-state index is -0.0651. The monoisotopic (exact) mass is 285 g/mol. The first-order valence-corrected chi connectivity index (χ1v) is 6.28. The van der Waals surface area contributed by atoms with Crippen molar-refractivity contribution in [1.29, 1.82) is 0 Å². The van der Waals surface area contributed by atoms with Crippen LogP contribution in [0.3, 0.4) is 0 Å². The Balaban J connectivity index is 1.96. The Hall–Kier alpha value is -0.580. The summed E-state index contributed by atoms with van der Waals surface area (Å²) >= 11 is 3.29. The van der Waals surface area contributed by atoms with Gasteiger partial charge in [-0.3, -0.25) is 0 Å². The second-order valence-electron chi connectivity index (χ2n) is 4.43. The number of phenolic OH excluding ortho intramolecular Hbond substituents is 1. The molecule has 3 N–H and O–H groups in total. The lowest BCUT2D eigenvalue weighted by atomic mass is 9.77. The lowest BCUT2D eigenvalue weighted by Crippen LogP contribution is -2.53. The molecule has 0 aromatic heterocycles. The van der Waals surface area contributed by atoms with E-state index in [4.69, 9.17) is 0 Å². The first-order chi connectivity index (χ1) is 7.65. The average Bonchev–Trinajstić information content (AvgIpc) is 2.22. The zero-order valence-electron chi connectivity index (χ0n) is 9.04. The predicted octanol–water partition coefficient (Wildman–Crippen LogP) is 2.16. The summed E-state index contributed by atoms with van der Waals surface area (Å²) in [5, 5.41) is 22.1. The van der Waals surface area contributed by atoms with E-state index in [1.54, 1.807) is 6.07 Å². The first-order valence-electron chi connectivity index (χ1n) is 5.48. The van der Waals surface area contributed by atoms with Gasteiger partial charge in [-0.1, -0.05) is 6.07 Å². The Bertz CT molecular complexity index is 372. The number of phenols is 1. The number of nitrogens with one attached hydrogen (secondary N) is 1. The molecule has 1 saturated carbocycles. The van der Waals surface area contributed by atoms with E-state index in [-0.39, 0.29) is 17.9 Å². The van der Waals surface area contributed by atoms with E-state index in [1.807, 2.05) is 12.1 Å². The standard InChI is InChI=1S/C12H16BrNO2/c13-10-6-9(2-3-11(10)16)7-14-12(8-15)4-1-5-12/h2-3,6,14-16H,1,4-5,7-8H2. The van der Waals surface area contributed by atoms with E-state index < -0.39 is 0 Å². The van der Waals surface area contributed by atoms with Crippen molar-refractivity contribution in [3.63, 3.8) is 0 Å². The molecular formula is C12H16BrNO2. The maximum Gasteiger partial charge on any atom is 0.129 e. The highest BCUT2D eigenvalue weighted by Crippen LogP contribution is 2.32. The topological polar surface area (TPSA) is 52.5 Å². The van der Waals surface area contributed by atoms with Crippen molar-refractivity contribution < 1.29 is 10.2 Å². The summed E-state index contributed by atoms with van der Waals surface area (Å²) in [7, 11) is 0. The number of aliphatic hydroxyl groups is 1. The quantitative estimate of drug-likeness (QED) is 0.795. The Morgan fingerprint density at radius 1 is 1.38 bits per heavy atom. The molecule has 3 nitrogen and oxygen atoms in total. The van der Waals surface area contributed by atoms with Crippen molar-refractivity contribution >= 4 is 15.9 Å². The third kappa shape index (κ3) is 2.39. The molecule has 0 unspecified atom stereocenters. The average molecular weight is 286 g/mol. The van der Waals surface area contributed by atoms with Gasteiger partial charge in [0.15, 0.2) is 0 Å². The maximum absolute atomic E-state index is 9.37. The highest BCUT2D eigenvalue weighted by Gasteiger charge is 2.35. The van der Waals surface area contributed by atoms with Crippen LogP contribution in [-0.2, 0) is 6.54 Å². The second-order valence-corrected chi connectivity index (χ2v) is 5.29. The highest BCUT2D eigenvalue weighted by molar-refractivity contribution is 9.10. The smallest absolute Gasteiger partial charge is 0.129 e. The van der Waals surface area contributed by atoms with Crippen LogP contribution in [0.2, 0.25) is 0 Å². The fourth-order valence-corrected chi connectivity index (χ4v) is 2.37. The van der Waals surface area contributed by atoms with E-state index in [1.165, 1.54) is 6.42 Å². The van der Waals surface area contributed by atoms with E-state index in [9.17, 15) is 10.2 Å². The first kappa shape index (κ1) is 11.9. The van der Waals surface area contributed by atoms with Gasteiger partial charge in [0.05, 0.1) is 11.1 Å². The van der Waals surface area contributed by atoms with Gasteiger partial charge in [0.1, 0.15) is 5.75 Å². The Labute approximate surface area is 104 Å². The molecule has 0 saturated heterocycles. The second kappa shape index (κ2) is 4.73. The van der Waals surface area contributed by atoms with Gasteiger partial charge < -0.3 is 15.5 Å². The van der Waals surface area contributed by atoms with E-state index in [2.05, 4.69) is 21.2 Å². The molecule has 0 aliphatic heterocycles. The van der Waals surface area contributed by atoms with Crippen LogP contribution < -0.4 is 5.32 Å². The summed E-state index contributed by atoms with van der Waals surface area (Å²) in [6.45, 7) is 0.922. The molecule has 1 aliphatic carbocycles. The molecule has 4 heteroatoms. The van der Waals surface area contributed by atoms with Gasteiger partial charge in [-0.2, -0.15) is 0 Å². The summed E-state index contributed by atoms with van der Waals surface area (Å²) in [6.07, 6.45) is 3.28. The number of benzene rings is 1.